The molecule has 0 radical (unpaired) electrons. The number of hydrogen-bond donors (Lipinski definition) is 3. The molecule has 2 amide bonds. The molecular weight excluding hydrogens is 250 g/mol. The summed E-state index contributed by atoms with van der Waals surface area (Å²) in [5.74, 6) is -0.876. The lowest BCUT2D eigenvalue weighted by Gasteiger charge is -2.20. The number of hydrogen-bond acceptors (Lipinski definition) is 4. The Balaban J connectivity index is 2.29. The molecule has 106 valence electrons. The number of amides is 2. The Morgan fingerprint density at radius 2 is 2.16 bits per heavy atom. The predicted octanol–water partition coefficient (Wildman–Crippen LogP) is 0.0766. The van der Waals surface area contributed by atoms with Gasteiger partial charge in [-0.3, -0.25) is 9.48 Å². The second-order valence-corrected chi connectivity index (χ2v) is 4.51. The van der Waals surface area contributed by atoms with Crippen molar-refractivity contribution in [1.29, 1.82) is 0 Å². The number of carbonyl (C=O) groups excluding carboxylic acids is 1. The summed E-state index contributed by atoms with van der Waals surface area (Å²) in [6.07, 6.45) is 3.16. The molecule has 0 aliphatic heterocycles. The predicted molar refractivity (Wildman–Crippen MR) is 67.4 cm³/mol. The molecule has 1 aromatic rings. The maximum Gasteiger partial charge on any atom is 0.315 e. The minimum Gasteiger partial charge on any atom is -0.481 e. The number of nitrogens with one attached hydrogen (secondary N) is 2. The molecule has 0 aromatic carbocycles. The molecule has 8 heteroatoms. The Kier molecular flexibility index (Phi) is 5.77. The molecule has 1 atom stereocenters. The highest BCUT2D eigenvalue weighted by Crippen LogP contribution is 2.05. The highest BCUT2D eigenvalue weighted by molar-refractivity contribution is 5.75. The van der Waals surface area contributed by atoms with Gasteiger partial charge in [0, 0.05) is 18.8 Å². The zero-order chi connectivity index (χ0) is 14.3. The number of carboxylic acids is 1. The van der Waals surface area contributed by atoms with E-state index in [1.807, 2.05) is 13.8 Å². The van der Waals surface area contributed by atoms with Gasteiger partial charge >= 0.3 is 12.0 Å². The normalized spacial score (nSPS) is 12.2. The van der Waals surface area contributed by atoms with Gasteiger partial charge in [-0.1, -0.05) is 19.1 Å². The number of aliphatic carboxylic acids is 1. The van der Waals surface area contributed by atoms with Gasteiger partial charge in [-0.25, -0.2) is 4.79 Å². The van der Waals surface area contributed by atoms with Crippen LogP contribution in [0.5, 0.6) is 0 Å². The average Bonchev–Trinajstić information content (AvgIpc) is 2.80. The van der Waals surface area contributed by atoms with E-state index in [2.05, 4.69) is 20.9 Å². The van der Waals surface area contributed by atoms with Gasteiger partial charge in [-0.2, -0.15) is 0 Å². The molecule has 0 aliphatic carbocycles. The van der Waals surface area contributed by atoms with Crippen molar-refractivity contribution >= 4 is 12.0 Å². The maximum absolute atomic E-state index is 11.6. The fourth-order valence-corrected chi connectivity index (χ4v) is 1.50. The summed E-state index contributed by atoms with van der Waals surface area (Å²) < 4.78 is 1.59. The van der Waals surface area contributed by atoms with E-state index in [-0.39, 0.29) is 24.4 Å². The summed E-state index contributed by atoms with van der Waals surface area (Å²) in [7, 11) is 0. The van der Waals surface area contributed by atoms with Crippen LogP contribution in [0.2, 0.25) is 0 Å². The molecule has 1 heterocycles. The first-order chi connectivity index (χ1) is 8.99. The Bertz CT molecular complexity index is 404. The van der Waals surface area contributed by atoms with Crippen LogP contribution >= 0.6 is 0 Å². The van der Waals surface area contributed by atoms with Gasteiger partial charge in [0.15, 0.2) is 0 Å². The molecule has 0 fully saturated rings. The van der Waals surface area contributed by atoms with Crippen LogP contribution in [0.3, 0.4) is 0 Å². The first-order valence-electron chi connectivity index (χ1n) is 6.09. The van der Waals surface area contributed by atoms with Crippen molar-refractivity contribution < 1.29 is 14.7 Å². The lowest BCUT2D eigenvalue weighted by Crippen LogP contribution is -2.46. The molecular formula is C11H19N5O3. The van der Waals surface area contributed by atoms with E-state index in [0.717, 1.165) is 0 Å². The molecule has 0 saturated carbocycles. The summed E-state index contributed by atoms with van der Waals surface area (Å²) in [6, 6.07) is -0.760. The third-order valence-corrected chi connectivity index (χ3v) is 2.61. The Hall–Kier alpha value is -2.12. The topological polar surface area (TPSA) is 109 Å². The van der Waals surface area contributed by atoms with Crippen LogP contribution < -0.4 is 10.6 Å². The van der Waals surface area contributed by atoms with E-state index in [0.29, 0.717) is 13.1 Å². The van der Waals surface area contributed by atoms with E-state index < -0.39 is 5.97 Å². The molecule has 1 unspecified atom stereocenters. The zero-order valence-electron chi connectivity index (χ0n) is 11.0. The molecule has 1 rings (SSSR count). The monoisotopic (exact) mass is 269 g/mol. The van der Waals surface area contributed by atoms with E-state index in [1.54, 1.807) is 17.1 Å². The van der Waals surface area contributed by atoms with Crippen molar-refractivity contribution in [2.45, 2.75) is 32.9 Å². The van der Waals surface area contributed by atoms with Gasteiger partial charge in [0.25, 0.3) is 0 Å². The van der Waals surface area contributed by atoms with Crippen molar-refractivity contribution in [1.82, 2.24) is 25.6 Å². The van der Waals surface area contributed by atoms with Crippen LogP contribution in [0.1, 0.15) is 20.3 Å². The van der Waals surface area contributed by atoms with Crippen molar-refractivity contribution in [2.75, 3.05) is 6.54 Å². The van der Waals surface area contributed by atoms with Crippen LogP contribution in [0.15, 0.2) is 12.4 Å². The molecule has 0 bridgehead atoms. The van der Waals surface area contributed by atoms with Gasteiger partial charge in [-0.15, -0.1) is 5.10 Å². The molecule has 0 aliphatic rings. The molecule has 19 heavy (non-hydrogen) atoms. The van der Waals surface area contributed by atoms with Gasteiger partial charge in [0.2, 0.25) is 0 Å². The van der Waals surface area contributed by atoms with Crippen LogP contribution in [0.4, 0.5) is 4.79 Å². The van der Waals surface area contributed by atoms with E-state index in [9.17, 15) is 9.59 Å². The first kappa shape index (κ1) is 14.9. The van der Waals surface area contributed by atoms with Crippen molar-refractivity contribution in [3.8, 4) is 0 Å². The summed E-state index contributed by atoms with van der Waals surface area (Å²) in [4.78, 5) is 22.3. The number of rotatable bonds is 7. The summed E-state index contributed by atoms with van der Waals surface area (Å²) >= 11 is 0. The van der Waals surface area contributed by atoms with Crippen LogP contribution in [0.25, 0.3) is 0 Å². The SMILES string of the molecule is CC(C)C(CC(=O)O)NC(=O)NCCn1ccnn1. The maximum atomic E-state index is 11.6. The largest absolute Gasteiger partial charge is 0.481 e. The summed E-state index contributed by atoms with van der Waals surface area (Å²) in [6.45, 7) is 4.64. The smallest absolute Gasteiger partial charge is 0.315 e. The molecule has 0 saturated heterocycles. The average molecular weight is 269 g/mol. The zero-order valence-corrected chi connectivity index (χ0v) is 11.0. The third kappa shape index (κ3) is 5.84. The van der Waals surface area contributed by atoms with Crippen molar-refractivity contribution in [3.05, 3.63) is 12.4 Å². The minimum atomic E-state index is -0.929. The van der Waals surface area contributed by atoms with E-state index >= 15 is 0 Å². The number of carboxylic acid groups (broad SMARTS) is 1. The van der Waals surface area contributed by atoms with Gasteiger partial charge in [0.05, 0.1) is 19.2 Å². The number of aromatic nitrogens is 3. The highest BCUT2D eigenvalue weighted by atomic mass is 16.4. The molecule has 8 nitrogen and oxygen atoms in total. The Labute approximate surface area is 111 Å². The number of urea groups is 1. The Morgan fingerprint density at radius 1 is 1.42 bits per heavy atom. The van der Waals surface area contributed by atoms with Gasteiger partial charge in [-0.05, 0) is 5.92 Å². The fraction of sp³-hybridized carbons (Fsp3) is 0.636. The third-order valence-electron chi connectivity index (χ3n) is 2.61. The fourth-order valence-electron chi connectivity index (χ4n) is 1.50. The minimum absolute atomic E-state index is 0.0529. The first-order valence-corrected chi connectivity index (χ1v) is 6.09. The van der Waals surface area contributed by atoms with Gasteiger partial charge < -0.3 is 15.7 Å². The molecule has 1 aromatic heterocycles. The number of nitrogens with zero attached hydrogens (tertiary/aromatic N) is 3. The second-order valence-electron chi connectivity index (χ2n) is 4.51. The van der Waals surface area contributed by atoms with E-state index in [1.165, 1.54) is 0 Å². The summed E-state index contributed by atoms with van der Waals surface area (Å²) in [5.41, 5.74) is 0. The van der Waals surface area contributed by atoms with Crippen molar-refractivity contribution in [3.63, 3.8) is 0 Å². The van der Waals surface area contributed by atoms with Crippen molar-refractivity contribution in [2.24, 2.45) is 5.92 Å². The van der Waals surface area contributed by atoms with E-state index in [4.69, 9.17) is 5.11 Å². The quantitative estimate of drug-likeness (QED) is 0.649. The Morgan fingerprint density at radius 3 is 2.68 bits per heavy atom. The van der Waals surface area contributed by atoms with Crippen LogP contribution in [-0.4, -0.2) is 44.7 Å². The van der Waals surface area contributed by atoms with Crippen LogP contribution in [0, 0.1) is 5.92 Å². The highest BCUT2D eigenvalue weighted by Gasteiger charge is 2.18. The van der Waals surface area contributed by atoms with Gasteiger partial charge in [0.1, 0.15) is 0 Å². The van der Waals surface area contributed by atoms with Crippen LogP contribution in [-0.2, 0) is 11.3 Å². The lowest BCUT2D eigenvalue weighted by molar-refractivity contribution is -0.137. The summed E-state index contributed by atoms with van der Waals surface area (Å²) in [5, 5.41) is 21.5. The molecule has 0 spiro atoms. The lowest BCUT2D eigenvalue weighted by atomic mass is 10.0. The molecule has 3 N–H and O–H groups in total. The second kappa shape index (κ2) is 7.34. The number of carbonyl (C=O) groups is 2. The standard InChI is InChI=1S/C11H19N5O3/c1-8(2)9(7-10(17)18)14-11(19)12-3-5-16-6-4-13-15-16/h4,6,8-9H,3,5,7H2,1-2H3,(H,17,18)(H2,12,14,19).